The second kappa shape index (κ2) is 6.82. The minimum atomic E-state index is -1.12. The highest BCUT2D eigenvalue weighted by Gasteiger charge is 2.28. The van der Waals surface area contributed by atoms with Crippen molar-refractivity contribution in [2.75, 3.05) is 6.61 Å². The van der Waals surface area contributed by atoms with Gasteiger partial charge in [-0.05, 0) is 25.5 Å². The number of hydrogen-bond donors (Lipinski definition) is 0. The van der Waals surface area contributed by atoms with E-state index < -0.39 is 35.2 Å². The number of halogens is 2. The maximum atomic E-state index is 13.3. The van der Waals surface area contributed by atoms with E-state index in [4.69, 9.17) is 9.47 Å². The fourth-order valence-corrected chi connectivity index (χ4v) is 1.41. The number of carbonyl (C=O) groups is 2. The van der Waals surface area contributed by atoms with Gasteiger partial charge in [-0.25, -0.2) is 8.78 Å². The molecule has 1 rings (SSSR count). The molecule has 0 aliphatic heterocycles. The van der Waals surface area contributed by atoms with Crippen LogP contribution in [0.1, 0.15) is 20.3 Å². The topological polar surface area (TPSA) is 52.6 Å². The van der Waals surface area contributed by atoms with E-state index in [1.165, 1.54) is 0 Å². The Morgan fingerprint density at radius 3 is 2.42 bits per heavy atom. The predicted molar refractivity (Wildman–Crippen MR) is 62.4 cm³/mol. The molecule has 1 unspecified atom stereocenters. The summed E-state index contributed by atoms with van der Waals surface area (Å²) in [5, 5.41) is 0. The van der Waals surface area contributed by atoms with Gasteiger partial charge in [-0.1, -0.05) is 6.92 Å². The van der Waals surface area contributed by atoms with Crippen molar-refractivity contribution >= 4 is 11.9 Å². The van der Waals surface area contributed by atoms with Gasteiger partial charge in [0.25, 0.3) is 0 Å². The van der Waals surface area contributed by atoms with Crippen LogP contribution in [0.4, 0.5) is 8.78 Å². The number of esters is 2. The molecule has 1 atom stereocenters. The summed E-state index contributed by atoms with van der Waals surface area (Å²) < 4.78 is 35.4. The number of rotatable bonds is 5. The summed E-state index contributed by atoms with van der Waals surface area (Å²) in [6.45, 7) is 3.34. The Morgan fingerprint density at radius 2 is 1.89 bits per heavy atom. The SMILES string of the molecule is CCOC(=O)C(CC)C(=O)Oc1ccc(F)cc1F. The third kappa shape index (κ3) is 4.01. The average molecular weight is 272 g/mol. The first-order chi connectivity index (χ1) is 8.99. The van der Waals surface area contributed by atoms with Crippen LogP contribution in [0, 0.1) is 17.6 Å². The summed E-state index contributed by atoms with van der Waals surface area (Å²) in [7, 11) is 0. The molecule has 0 fully saturated rings. The molecule has 4 nitrogen and oxygen atoms in total. The molecule has 1 aromatic rings. The fraction of sp³-hybridized carbons (Fsp3) is 0.385. The Balaban J connectivity index is 2.79. The van der Waals surface area contributed by atoms with E-state index >= 15 is 0 Å². The molecule has 0 heterocycles. The lowest BCUT2D eigenvalue weighted by Crippen LogP contribution is -2.29. The molecular weight excluding hydrogens is 258 g/mol. The van der Waals surface area contributed by atoms with Crippen LogP contribution in [0.3, 0.4) is 0 Å². The summed E-state index contributed by atoms with van der Waals surface area (Å²) in [6, 6.07) is 2.53. The summed E-state index contributed by atoms with van der Waals surface area (Å²) in [5.74, 6) is -4.98. The fourth-order valence-electron chi connectivity index (χ4n) is 1.41. The van der Waals surface area contributed by atoms with Crippen molar-refractivity contribution in [2.24, 2.45) is 5.92 Å². The average Bonchev–Trinajstić information content (AvgIpc) is 2.34. The third-order valence-corrected chi connectivity index (χ3v) is 2.37. The lowest BCUT2D eigenvalue weighted by molar-refractivity contribution is -0.157. The molecule has 0 aliphatic carbocycles. The molecule has 104 valence electrons. The van der Waals surface area contributed by atoms with Crippen molar-refractivity contribution in [1.82, 2.24) is 0 Å². The summed E-state index contributed by atoms with van der Waals surface area (Å²) in [5.41, 5.74) is 0. The number of ether oxygens (including phenoxy) is 2. The Labute approximate surface area is 109 Å². The molecule has 0 radical (unpaired) electrons. The Kier molecular flexibility index (Phi) is 5.41. The molecule has 0 saturated carbocycles. The van der Waals surface area contributed by atoms with Crippen LogP contribution in [0.25, 0.3) is 0 Å². The lowest BCUT2D eigenvalue weighted by atomic mass is 10.1. The molecule has 6 heteroatoms. The quantitative estimate of drug-likeness (QED) is 0.469. The minimum absolute atomic E-state index is 0.132. The number of carbonyl (C=O) groups excluding carboxylic acids is 2. The zero-order valence-electron chi connectivity index (χ0n) is 10.6. The van der Waals surface area contributed by atoms with E-state index in [1.807, 2.05) is 0 Å². The van der Waals surface area contributed by atoms with E-state index in [2.05, 4.69) is 0 Å². The maximum absolute atomic E-state index is 13.3. The van der Waals surface area contributed by atoms with Crippen LogP contribution in [-0.2, 0) is 14.3 Å². The standard InChI is InChI=1S/C13H14F2O4/c1-3-9(12(16)18-4-2)13(17)19-11-6-5-8(14)7-10(11)15/h5-7,9H,3-4H2,1-2H3. The smallest absolute Gasteiger partial charge is 0.325 e. The molecule has 0 spiro atoms. The van der Waals surface area contributed by atoms with Crippen molar-refractivity contribution in [3.63, 3.8) is 0 Å². The summed E-state index contributed by atoms with van der Waals surface area (Å²) >= 11 is 0. The van der Waals surface area contributed by atoms with Gasteiger partial charge in [-0.3, -0.25) is 9.59 Å². The molecule has 0 aliphatic rings. The minimum Gasteiger partial charge on any atom is -0.465 e. The Hall–Kier alpha value is -1.98. The molecule has 1 aromatic carbocycles. The van der Waals surface area contributed by atoms with E-state index in [9.17, 15) is 18.4 Å². The van der Waals surface area contributed by atoms with Gasteiger partial charge in [0.1, 0.15) is 5.82 Å². The predicted octanol–water partition coefficient (Wildman–Crippen LogP) is 2.46. The van der Waals surface area contributed by atoms with Crippen LogP contribution in [0.2, 0.25) is 0 Å². The van der Waals surface area contributed by atoms with E-state index in [1.54, 1.807) is 13.8 Å². The lowest BCUT2D eigenvalue weighted by Gasteiger charge is -2.13. The molecule has 0 amide bonds. The molecule has 0 N–H and O–H groups in total. The monoisotopic (exact) mass is 272 g/mol. The number of benzene rings is 1. The van der Waals surface area contributed by atoms with Gasteiger partial charge in [0.2, 0.25) is 0 Å². The normalized spacial score (nSPS) is 11.8. The van der Waals surface area contributed by atoms with Crippen LogP contribution in [0.15, 0.2) is 18.2 Å². The first-order valence-corrected chi connectivity index (χ1v) is 5.83. The number of hydrogen-bond acceptors (Lipinski definition) is 4. The summed E-state index contributed by atoms with van der Waals surface area (Å²) in [6.07, 6.45) is 0.167. The Bertz CT molecular complexity index is 474. The maximum Gasteiger partial charge on any atom is 0.325 e. The Morgan fingerprint density at radius 1 is 1.21 bits per heavy atom. The first-order valence-electron chi connectivity index (χ1n) is 5.83. The van der Waals surface area contributed by atoms with Crippen molar-refractivity contribution in [1.29, 1.82) is 0 Å². The van der Waals surface area contributed by atoms with E-state index in [-0.39, 0.29) is 13.0 Å². The van der Waals surface area contributed by atoms with Gasteiger partial charge in [-0.15, -0.1) is 0 Å². The molecule has 0 saturated heterocycles. The highest BCUT2D eigenvalue weighted by molar-refractivity contribution is 5.95. The molecule has 0 bridgehead atoms. The van der Waals surface area contributed by atoms with Gasteiger partial charge in [0, 0.05) is 6.07 Å². The molecule has 0 aromatic heterocycles. The zero-order chi connectivity index (χ0) is 14.4. The van der Waals surface area contributed by atoms with Crippen LogP contribution < -0.4 is 4.74 Å². The van der Waals surface area contributed by atoms with Crippen LogP contribution >= 0.6 is 0 Å². The highest BCUT2D eigenvalue weighted by Crippen LogP contribution is 2.20. The van der Waals surface area contributed by atoms with Crippen molar-refractivity contribution < 1.29 is 27.8 Å². The van der Waals surface area contributed by atoms with Gasteiger partial charge >= 0.3 is 11.9 Å². The van der Waals surface area contributed by atoms with Crippen LogP contribution in [-0.4, -0.2) is 18.5 Å². The van der Waals surface area contributed by atoms with E-state index in [0.29, 0.717) is 6.07 Å². The molecule has 19 heavy (non-hydrogen) atoms. The van der Waals surface area contributed by atoms with E-state index in [0.717, 1.165) is 12.1 Å². The second-order valence-corrected chi connectivity index (χ2v) is 3.71. The largest absolute Gasteiger partial charge is 0.465 e. The molecular formula is C13H14F2O4. The van der Waals surface area contributed by atoms with Gasteiger partial charge in [0.15, 0.2) is 17.5 Å². The summed E-state index contributed by atoms with van der Waals surface area (Å²) in [4.78, 5) is 23.2. The third-order valence-electron chi connectivity index (χ3n) is 2.37. The van der Waals surface area contributed by atoms with Crippen molar-refractivity contribution in [3.8, 4) is 5.75 Å². The zero-order valence-corrected chi connectivity index (χ0v) is 10.6. The van der Waals surface area contributed by atoms with Gasteiger partial charge in [-0.2, -0.15) is 0 Å². The highest BCUT2D eigenvalue weighted by atomic mass is 19.1. The van der Waals surface area contributed by atoms with Crippen molar-refractivity contribution in [3.05, 3.63) is 29.8 Å². The van der Waals surface area contributed by atoms with Gasteiger partial charge in [0.05, 0.1) is 6.61 Å². The van der Waals surface area contributed by atoms with Crippen molar-refractivity contribution in [2.45, 2.75) is 20.3 Å². The second-order valence-electron chi connectivity index (χ2n) is 3.71. The first kappa shape index (κ1) is 15.1. The van der Waals surface area contributed by atoms with Gasteiger partial charge < -0.3 is 9.47 Å². The van der Waals surface area contributed by atoms with Crippen LogP contribution in [0.5, 0.6) is 5.75 Å².